The van der Waals surface area contributed by atoms with Crippen molar-refractivity contribution in [3.05, 3.63) is 264 Å². The quantitative estimate of drug-likeness (QED) is 0.157. The van der Waals surface area contributed by atoms with Gasteiger partial charge in [-0.1, -0.05) is 147 Å². The van der Waals surface area contributed by atoms with E-state index >= 15 is 0 Å². The predicted molar refractivity (Wildman–Crippen MR) is 328 cm³/mol. The highest BCUT2D eigenvalue weighted by Crippen LogP contribution is 2.51. The highest BCUT2D eigenvalue weighted by molar-refractivity contribution is 6.12. The maximum Gasteiger partial charge on any atom is 0.0541 e. The molecule has 2 aromatic heterocycles. The topological polar surface area (TPSA) is 9.86 Å². The Morgan fingerprint density at radius 3 is 0.935 bits per heavy atom. The van der Waals surface area contributed by atoms with Crippen molar-refractivity contribution in [2.45, 2.75) is 47.0 Å². The van der Waals surface area contributed by atoms with Crippen LogP contribution < -0.4 is 0 Å². The second-order valence-corrected chi connectivity index (χ2v) is 22.6. The first-order valence-corrected chi connectivity index (χ1v) is 27.1. The van der Waals surface area contributed by atoms with Crippen LogP contribution in [0.15, 0.2) is 231 Å². The standard InChI is InChI=1S/C75H56N2/c1-45-31-46(2)34-61(33-45)76-71-13-9-7-11-65(71)67-41-57(25-29-73(67)76)53-19-15-51-39-55(21-17-49(51)37-53)59-23-27-63-64-28-24-60(44-70(64)75(5,6)69(63)43-59)56-22-18-50-38-54(20-16-52(50)40-56)58-26-30-74-68(42-58)66-12-8-10-14-72(66)77(74)62-35-47(3)32-48(4)36-62/h7-44H,1-6H3. The van der Waals surface area contributed by atoms with Gasteiger partial charge in [0.1, 0.15) is 0 Å². The first kappa shape index (κ1) is 45.2. The molecule has 15 rings (SSSR count). The van der Waals surface area contributed by atoms with Gasteiger partial charge in [0.15, 0.2) is 0 Å². The fraction of sp³-hybridized carbons (Fsp3) is 0.0933. The van der Waals surface area contributed by atoms with Gasteiger partial charge in [-0.3, -0.25) is 0 Å². The molecule has 0 atom stereocenters. The Hall–Kier alpha value is -9.24. The molecule has 0 saturated heterocycles. The van der Waals surface area contributed by atoms with E-state index in [4.69, 9.17) is 0 Å². The van der Waals surface area contributed by atoms with Gasteiger partial charge in [0.25, 0.3) is 0 Å². The van der Waals surface area contributed by atoms with Crippen molar-refractivity contribution in [2.75, 3.05) is 0 Å². The van der Waals surface area contributed by atoms with E-state index in [-0.39, 0.29) is 5.41 Å². The molecule has 1 aliphatic carbocycles. The summed E-state index contributed by atoms with van der Waals surface area (Å²) in [6, 6.07) is 87.3. The summed E-state index contributed by atoms with van der Waals surface area (Å²) in [6.45, 7) is 13.5. The number of benzene rings is 12. The molecule has 0 N–H and O–H groups in total. The zero-order valence-corrected chi connectivity index (χ0v) is 44.3. The number of hydrogen-bond acceptors (Lipinski definition) is 0. The SMILES string of the molecule is Cc1cc(C)cc(-n2c3ccccc3c3cc(-c4ccc5cc(-c6ccc7c(c6)C(C)(C)c6cc(-c8ccc9cc(-c%10ccc%11c(c%10)c%10ccccc%10n%11-c%10cc(C)cc(C)c%10)ccc9c8)ccc6-7)ccc5c4)ccc32)c1. The summed E-state index contributed by atoms with van der Waals surface area (Å²) < 4.78 is 4.84. The summed E-state index contributed by atoms with van der Waals surface area (Å²) in [4.78, 5) is 0. The van der Waals surface area contributed by atoms with Crippen molar-refractivity contribution >= 4 is 65.2 Å². The largest absolute Gasteiger partial charge is 0.309 e. The van der Waals surface area contributed by atoms with Gasteiger partial charge in [0, 0.05) is 38.3 Å². The summed E-state index contributed by atoms with van der Waals surface area (Å²) >= 11 is 0. The van der Waals surface area contributed by atoms with Crippen molar-refractivity contribution in [2.24, 2.45) is 0 Å². The molecule has 12 aromatic carbocycles. The second kappa shape index (κ2) is 16.9. The van der Waals surface area contributed by atoms with Gasteiger partial charge in [-0.15, -0.1) is 0 Å². The molecule has 2 heteroatoms. The molecular weight excluding hydrogens is 929 g/mol. The van der Waals surface area contributed by atoms with Crippen molar-refractivity contribution in [1.82, 2.24) is 9.13 Å². The fourth-order valence-corrected chi connectivity index (χ4v) is 13.3. The minimum absolute atomic E-state index is 0.160. The second-order valence-electron chi connectivity index (χ2n) is 22.6. The molecule has 0 bridgehead atoms. The van der Waals surface area contributed by atoms with Gasteiger partial charge < -0.3 is 9.13 Å². The van der Waals surface area contributed by atoms with Gasteiger partial charge in [0.2, 0.25) is 0 Å². The molecule has 0 spiro atoms. The van der Waals surface area contributed by atoms with Crippen molar-refractivity contribution < 1.29 is 0 Å². The molecule has 0 radical (unpaired) electrons. The Morgan fingerprint density at radius 1 is 0.260 bits per heavy atom. The van der Waals surface area contributed by atoms with E-state index in [2.05, 4.69) is 281 Å². The van der Waals surface area contributed by atoms with Crippen LogP contribution in [0.1, 0.15) is 47.2 Å². The molecule has 77 heavy (non-hydrogen) atoms. The van der Waals surface area contributed by atoms with Gasteiger partial charge in [-0.2, -0.15) is 0 Å². The Bertz CT molecular complexity index is 4480. The fourth-order valence-electron chi connectivity index (χ4n) is 13.3. The molecular formula is C75H56N2. The van der Waals surface area contributed by atoms with E-state index in [0.717, 1.165) is 0 Å². The molecule has 1 aliphatic rings. The van der Waals surface area contributed by atoms with Crippen LogP contribution in [-0.4, -0.2) is 9.13 Å². The summed E-state index contributed by atoms with van der Waals surface area (Å²) in [5, 5.41) is 10.1. The maximum atomic E-state index is 2.45. The van der Waals surface area contributed by atoms with Crippen LogP contribution in [0.5, 0.6) is 0 Å². The number of fused-ring (bicyclic) bond motifs is 11. The van der Waals surface area contributed by atoms with E-state index in [1.54, 1.807) is 0 Å². The van der Waals surface area contributed by atoms with Crippen LogP contribution in [0, 0.1) is 27.7 Å². The van der Waals surface area contributed by atoms with Crippen LogP contribution >= 0.6 is 0 Å². The van der Waals surface area contributed by atoms with E-state index in [9.17, 15) is 0 Å². The number of rotatable bonds is 6. The molecule has 2 nitrogen and oxygen atoms in total. The minimum atomic E-state index is -0.160. The lowest BCUT2D eigenvalue weighted by Gasteiger charge is -2.23. The first-order chi connectivity index (χ1) is 37.5. The average molecular weight is 985 g/mol. The van der Waals surface area contributed by atoms with Crippen LogP contribution in [-0.2, 0) is 5.41 Å². The Labute approximate surface area is 449 Å². The molecule has 0 amide bonds. The van der Waals surface area contributed by atoms with Gasteiger partial charge in [-0.25, -0.2) is 0 Å². The highest BCUT2D eigenvalue weighted by atomic mass is 15.0. The Balaban J connectivity index is 0.704. The van der Waals surface area contributed by atoms with Crippen molar-refractivity contribution in [3.63, 3.8) is 0 Å². The highest BCUT2D eigenvalue weighted by Gasteiger charge is 2.36. The van der Waals surface area contributed by atoms with Crippen molar-refractivity contribution in [3.8, 4) is 67.0 Å². The third-order valence-corrected chi connectivity index (χ3v) is 17.0. The predicted octanol–water partition coefficient (Wildman–Crippen LogP) is 20.4. The molecule has 366 valence electrons. The van der Waals surface area contributed by atoms with Crippen LogP contribution in [0.4, 0.5) is 0 Å². The third-order valence-electron chi connectivity index (χ3n) is 17.0. The molecule has 0 aliphatic heterocycles. The molecule has 0 fully saturated rings. The third kappa shape index (κ3) is 7.23. The smallest absolute Gasteiger partial charge is 0.0541 e. The number of para-hydroxylation sites is 2. The molecule has 0 unspecified atom stereocenters. The first-order valence-electron chi connectivity index (χ1n) is 27.1. The summed E-state index contributed by atoms with van der Waals surface area (Å²) in [6.07, 6.45) is 0. The van der Waals surface area contributed by atoms with Gasteiger partial charge in [-0.05, 0) is 235 Å². The molecule has 14 aromatic rings. The lowest BCUT2D eigenvalue weighted by atomic mass is 9.80. The van der Waals surface area contributed by atoms with E-state index < -0.39 is 0 Å². The number of aryl methyl sites for hydroxylation is 4. The van der Waals surface area contributed by atoms with E-state index in [1.165, 1.54) is 166 Å². The maximum absolute atomic E-state index is 2.45. The average Bonchev–Trinajstić information content (AvgIpc) is 4.24. The lowest BCUT2D eigenvalue weighted by Crippen LogP contribution is -2.15. The van der Waals surface area contributed by atoms with Crippen LogP contribution in [0.2, 0.25) is 0 Å². The van der Waals surface area contributed by atoms with Gasteiger partial charge >= 0.3 is 0 Å². The monoisotopic (exact) mass is 984 g/mol. The summed E-state index contributed by atoms with van der Waals surface area (Å²) in [7, 11) is 0. The Morgan fingerprint density at radius 2 is 0.558 bits per heavy atom. The summed E-state index contributed by atoms with van der Waals surface area (Å²) in [5.74, 6) is 0. The lowest BCUT2D eigenvalue weighted by molar-refractivity contribution is 0.661. The van der Waals surface area contributed by atoms with E-state index in [0.29, 0.717) is 0 Å². The zero-order valence-electron chi connectivity index (χ0n) is 44.3. The Kier molecular flexibility index (Phi) is 9.91. The number of nitrogens with zero attached hydrogens (tertiary/aromatic N) is 2. The molecule has 2 heterocycles. The minimum Gasteiger partial charge on any atom is -0.309 e. The normalized spacial score (nSPS) is 12.9. The van der Waals surface area contributed by atoms with Gasteiger partial charge in [0.05, 0.1) is 22.1 Å². The van der Waals surface area contributed by atoms with Crippen LogP contribution in [0.25, 0.3) is 132 Å². The van der Waals surface area contributed by atoms with E-state index in [1.807, 2.05) is 0 Å². The van der Waals surface area contributed by atoms with Crippen molar-refractivity contribution in [1.29, 1.82) is 0 Å². The number of aromatic nitrogens is 2. The van der Waals surface area contributed by atoms with Crippen LogP contribution in [0.3, 0.4) is 0 Å². The molecule has 0 saturated carbocycles. The summed E-state index contributed by atoms with van der Waals surface area (Å²) in [5.41, 5.74) is 27.6. The number of hydrogen-bond donors (Lipinski definition) is 0. The zero-order chi connectivity index (χ0) is 51.8.